The number of benzene rings is 2. The highest BCUT2D eigenvalue weighted by molar-refractivity contribution is 6.06. The summed E-state index contributed by atoms with van der Waals surface area (Å²) in [5.41, 5.74) is -0.722. The molecule has 3 atom stereocenters. The Kier molecular flexibility index (Phi) is 7.19. The Morgan fingerprint density at radius 1 is 1.00 bits per heavy atom. The third kappa shape index (κ3) is 5.13. The lowest BCUT2D eigenvalue weighted by Crippen LogP contribution is -2.49. The first-order valence-corrected chi connectivity index (χ1v) is 11.3. The second-order valence-electron chi connectivity index (χ2n) is 9.72. The molecule has 0 bridgehead atoms. The monoisotopic (exact) mass is 482 g/mol. The molecular formula is C26H30N2O7. The average Bonchev–Trinajstić information content (AvgIpc) is 3.04. The normalized spacial score (nSPS) is 21.6. The molecule has 35 heavy (non-hydrogen) atoms. The fraction of sp³-hybridized carbons (Fsp3) is 0.385. The summed E-state index contributed by atoms with van der Waals surface area (Å²) in [6, 6.07) is 11.4. The number of aromatic hydroxyl groups is 1. The van der Waals surface area contributed by atoms with Crippen LogP contribution in [0.4, 0.5) is 5.69 Å². The van der Waals surface area contributed by atoms with Crippen LogP contribution in [0.2, 0.25) is 0 Å². The number of phenols is 1. The summed E-state index contributed by atoms with van der Waals surface area (Å²) in [4.78, 5) is 49.0. The molecule has 9 nitrogen and oxygen atoms in total. The van der Waals surface area contributed by atoms with Crippen molar-refractivity contribution < 1.29 is 34.5 Å². The first kappa shape index (κ1) is 25.7. The number of anilines is 1. The minimum Gasteiger partial charge on any atom is -0.507 e. The minimum absolute atomic E-state index is 0.0120. The maximum Gasteiger partial charge on any atom is 0.326 e. The van der Waals surface area contributed by atoms with Crippen molar-refractivity contribution in [1.82, 2.24) is 5.32 Å². The second kappa shape index (κ2) is 9.77. The van der Waals surface area contributed by atoms with Gasteiger partial charge in [-0.05, 0) is 55.0 Å². The number of rotatable bonds is 8. The van der Waals surface area contributed by atoms with Crippen molar-refractivity contribution >= 4 is 29.4 Å². The van der Waals surface area contributed by atoms with Gasteiger partial charge in [-0.3, -0.25) is 14.4 Å². The molecule has 0 aromatic heterocycles. The van der Waals surface area contributed by atoms with Gasteiger partial charge in [-0.2, -0.15) is 0 Å². The largest absolute Gasteiger partial charge is 0.507 e. The number of nitrogens with one attached hydrogen (secondary N) is 2. The van der Waals surface area contributed by atoms with Crippen LogP contribution in [-0.4, -0.2) is 45.1 Å². The molecule has 1 aliphatic carbocycles. The lowest BCUT2D eigenvalue weighted by atomic mass is 9.65. The fourth-order valence-electron chi connectivity index (χ4n) is 4.64. The highest BCUT2D eigenvalue weighted by Crippen LogP contribution is 2.56. The highest BCUT2D eigenvalue weighted by Gasteiger charge is 2.58. The van der Waals surface area contributed by atoms with E-state index in [1.807, 2.05) is 0 Å². The predicted molar refractivity (Wildman–Crippen MR) is 128 cm³/mol. The van der Waals surface area contributed by atoms with E-state index in [0.29, 0.717) is 24.1 Å². The summed E-state index contributed by atoms with van der Waals surface area (Å²) in [6.07, 6.45) is 0.705. The lowest BCUT2D eigenvalue weighted by Gasteiger charge is -2.38. The van der Waals surface area contributed by atoms with Gasteiger partial charge in [0.1, 0.15) is 11.8 Å². The summed E-state index contributed by atoms with van der Waals surface area (Å²) in [7, 11) is 0. The summed E-state index contributed by atoms with van der Waals surface area (Å²) in [5.74, 6) is -3.90. The van der Waals surface area contributed by atoms with E-state index >= 15 is 0 Å². The summed E-state index contributed by atoms with van der Waals surface area (Å²) in [5, 5.41) is 34.4. The molecule has 1 aliphatic rings. The Bertz CT molecular complexity index is 1140. The molecule has 2 aromatic rings. The van der Waals surface area contributed by atoms with Crippen molar-refractivity contribution in [2.75, 3.05) is 5.32 Å². The van der Waals surface area contributed by atoms with Crippen molar-refractivity contribution in [2.45, 2.75) is 46.1 Å². The Hall–Kier alpha value is -3.88. The zero-order chi connectivity index (χ0) is 26.0. The molecule has 2 amide bonds. The molecule has 2 unspecified atom stereocenters. The van der Waals surface area contributed by atoms with Gasteiger partial charge in [-0.25, -0.2) is 4.79 Å². The molecule has 0 spiro atoms. The second-order valence-corrected chi connectivity index (χ2v) is 9.72. The number of amides is 2. The number of hydrogen-bond acceptors (Lipinski definition) is 5. The molecule has 0 aliphatic heterocycles. The fourth-order valence-corrected chi connectivity index (χ4v) is 4.64. The Morgan fingerprint density at radius 3 is 2.17 bits per heavy atom. The van der Waals surface area contributed by atoms with Crippen LogP contribution in [0.25, 0.3) is 0 Å². The topological polar surface area (TPSA) is 153 Å². The van der Waals surface area contributed by atoms with Gasteiger partial charge in [-0.15, -0.1) is 0 Å². The van der Waals surface area contributed by atoms with Crippen LogP contribution in [0.3, 0.4) is 0 Å². The van der Waals surface area contributed by atoms with Gasteiger partial charge < -0.3 is 26.0 Å². The molecule has 5 N–H and O–H groups in total. The zero-order valence-electron chi connectivity index (χ0n) is 19.9. The zero-order valence-corrected chi connectivity index (χ0v) is 19.9. The number of para-hydroxylation sites is 1. The lowest BCUT2D eigenvalue weighted by molar-refractivity contribution is -0.155. The molecule has 3 rings (SSSR count). The number of phenolic OH excluding ortho intramolecular Hbond substituents is 1. The van der Waals surface area contributed by atoms with E-state index in [0.717, 1.165) is 0 Å². The molecule has 186 valence electrons. The molecule has 0 heterocycles. The number of aliphatic carboxylic acids is 2. The third-order valence-electron chi connectivity index (χ3n) is 7.43. The van der Waals surface area contributed by atoms with Gasteiger partial charge in [0.05, 0.1) is 11.0 Å². The quantitative estimate of drug-likeness (QED) is 0.387. The molecule has 1 fully saturated rings. The molecule has 9 heteroatoms. The van der Waals surface area contributed by atoms with Crippen LogP contribution in [0.5, 0.6) is 5.75 Å². The highest BCUT2D eigenvalue weighted by atomic mass is 16.4. The maximum atomic E-state index is 13.0. The van der Waals surface area contributed by atoms with E-state index in [-0.39, 0.29) is 17.7 Å². The van der Waals surface area contributed by atoms with Gasteiger partial charge in [0.2, 0.25) is 5.91 Å². The number of carbonyl (C=O) groups is 4. The third-order valence-corrected chi connectivity index (χ3v) is 7.43. The van der Waals surface area contributed by atoms with Crippen LogP contribution in [0.15, 0.2) is 48.5 Å². The SMILES string of the molecule is CC1(C(=O)O)CCC(C(=O)N[C@@H](Cc2ccc(NC(=O)c3ccccc3O)cc2)C(=O)O)C1(C)C. The first-order chi connectivity index (χ1) is 16.4. The van der Waals surface area contributed by atoms with Crippen molar-refractivity contribution in [1.29, 1.82) is 0 Å². The standard InChI is InChI=1S/C26H30N2O7/c1-25(2)18(12-13-26(25,3)24(34)35)22(31)28-19(23(32)33)14-15-8-10-16(11-9-15)27-21(30)17-6-4-5-7-20(17)29/h4-11,18-19,29H,12-14H2,1-3H3,(H,27,30)(H,28,31)(H,32,33)(H,34,35)/t18?,19-,26?/m0/s1. The number of carbonyl (C=O) groups excluding carboxylic acids is 2. The average molecular weight is 483 g/mol. The number of carboxylic acids is 2. The van der Waals surface area contributed by atoms with Crippen molar-refractivity contribution in [3.63, 3.8) is 0 Å². The van der Waals surface area contributed by atoms with E-state index in [4.69, 9.17) is 0 Å². The molecule has 2 aromatic carbocycles. The maximum absolute atomic E-state index is 13.0. The van der Waals surface area contributed by atoms with Crippen LogP contribution >= 0.6 is 0 Å². The van der Waals surface area contributed by atoms with Gasteiger partial charge >= 0.3 is 11.9 Å². The Labute approximate surface area is 203 Å². The predicted octanol–water partition coefficient (Wildman–Crippen LogP) is 3.28. The van der Waals surface area contributed by atoms with Gasteiger partial charge in [0, 0.05) is 18.0 Å². The van der Waals surface area contributed by atoms with Gasteiger partial charge in [0.15, 0.2) is 0 Å². The van der Waals surface area contributed by atoms with Crippen LogP contribution in [0.1, 0.15) is 49.5 Å². The van der Waals surface area contributed by atoms with E-state index in [9.17, 15) is 34.5 Å². The smallest absolute Gasteiger partial charge is 0.326 e. The van der Waals surface area contributed by atoms with E-state index in [2.05, 4.69) is 10.6 Å². The molecule has 0 radical (unpaired) electrons. The first-order valence-electron chi connectivity index (χ1n) is 11.3. The summed E-state index contributed by atoms with van der Waals surface area (Å²) >= 11 is 0. The van der Waals surface area contributed by atoms with Crippen LogP contribution in [-0.2, 0) is 20.8 Å². The van der Waals surface area contributed by atoms with Crippen molar-refractivity contribution in [3.8, 4) is 5.75 Å². The van der Waals surface area contributed by atoms with Crippen molar-refractivity contribution in [2.24, 2.45) is 16.7 Å². The van der Waals surface area contributed by atoms with E-state index < -0.39 is 46.5 Å². The van der Waals surface area contributed by atoms with E-state index in [1.54, 1.807) is 57.2 Å². The molecule has 1 saturated carbocycles. The number of carboxylic acid groups (broad SMARTS) is 2. The molecular weight excluding hydrogens is 452 g/mol. The van der Waals surface area contributed by atoms with Crippen LogP contribution < -0.4 is 10.6 Å². The Balaban J connectivity index is 1.66. The van der Waals surface area contributed by atoms with Gasteiger partial charge in [0.25, 0.3) is 5.91 Å². The summed E-state index contributed by atoms with van der Waals surface area (Å²) in [6.45, 7) is 5.09. The minimum atomic E-state index is -1.20. The summed E-state index contributed by atoms with van der Waals surface area (Å²) < 4.78 is 0. The van der Waals surface area contributed by atoms with Gasteiger partial charge in [-0.1, -0.05) is 38.1 Å². The molecule has 0 saturated heterocycles. The number of hydrogen-bond donors (Lipinski definition) is 5. The van der Waals surface area contributed by atoms with Crippen molar-refractivity contribution in [3.05, 3.63) is 59.7 Å². The Morgan fingerprint density at radius 2 is 1.63 bits per heavy atom. The van der Waals surface area contributed by atoms with Crippen LogP contribution in [0, 0.1) is 16.7 Å². The van der Waals surface area contributed by atoms with E-state index in [1.165, 1.54) is 12.1 Å².